The second-order valence-electron chi connectivity index (χ2n) is 8.71. The molecule has 0 atom stereocenters. The topological polar surface area (TPSA) is 40.9 Å². The van der Waals surface area contributed by atoms with Crippen molar-refractivity contribution >= 4 is 11.6 Å². The normalized spacial score (nSPS) is 20.0. The molecule has 27 heavy (non-hydrogen) atoms. The molecule has 0 bridgehead atoms. The summed E-state index contributed by atoms with van der Waals surface area (Å²) in [6.07, 6.45) is 9.33. The van der Waals surface area contributed by atoms with Gasteiger partial charge in [0.2, 0.25) is 5.91 Å². The first-order chi connectivity index (χ1) is 12.9. The van der Waals surface area contributed by atoms with Crippen molar-refractivity contribution in [3.8, 4) is 0 Å². The third-order valence-electron chi connectivity index (χ3n) is 6.09. The van der Waals surface area contributed by atoms with E-state index in [1.165, 1.54) is 11.1 Å². The summed E-state index contributed by atoms with van der Waals surface area (Å²) in [5.74, 6) is 0.330. The summed E-state index contributed by atoms with van der Waals surface area (Å²) in [4.78, 5) is 21.7. The molecule has 0 unspecified atom stereocenters. The van der Waals surface area contributed by atoms with Gasteiger partial charge in [-0.1, -0.05) is 11.6 Å². The highest BCUT2D eigenvalue weighted by Gasteiger charge is 2.44. The van der Waals surface area contributed by atoms with E-state index in [4.69, 9.17) is 4.98 Å². The first-order valence-corrected chi connectivity index (χ1v) is 10.0. The van der Waals surface area contributed by atoms with Crippen LogP contribution < -0.4 is 0 Å². The zero-order valence-electron chi connectivity index (χ0n) is 16.7. The van der Waals surface area contributed by atoms with Crippen LogP contribution >= 0.6 is 0 Å². The van der Waals surface area contributed by atoms with Gasteiger partial charge in [0.25, 0.3) is 0 Å². The first kappa shape index (κ1) is 18.2. The van der Waals surface area contributed by atoms with Crippen LogP contribution in [-0.2, 0) is 11.3 Å². The molecular weight excluding hydrogens is 336 g/mol. The number of carbonyl (C=O) groups is 1. The number of amides is 1. The molecular formula is C22H30N4O. The molecule has 0 saturated carbocycles. The summed E-state index contributed by atoms with van der Waals surface area (Å²) in [6, 6.07) is 4.24. The minimum absolute atomic E-state index is 0.194. The van der Waals surface area contributed by atoms with Crippen molar-refractivity contribution in [3.05, 3.63) is 47.4 Å². The fourth-order valence-electron chi connectivity index (χ4n) is 4.40. The van der Waals surface area contributed by atoms with Gasteiger partial charge in [0.15, 0.2) is 0 Å². The Kier molecular flexibility index (Phi) is 4.81. The van der Waals surface area contributed by atoms with Crippen LogP contribution in [0.3, 0.4) is 0 Å². The van der Waals surface area contributed by atoms with Crippen LogP contribution in [0.1, 0.15) is 44.4 Å². The van der Waals surface area contributed by atoms with E-state index in [1.807, 2.05) is 4.90 Å². The second-order valence-corrected chi connectivity index (χ2v) is 8.71. The van der Waals surface area contributed by atoms with E-state index in [1.54, 1.807) is 0 Å². The van der Waals surface area contributed by atoms with E-state index >= 15 is 0 Å². The Balaban J connectivity index is 1.36. The number of aryl methyl sites for hydroxylation is 1. The molecule has 0 N–H and O–H groups in total. The predicted molar refractivity (Wildman–Crippen MR) is 108 cm³/mol. The largest absolute Gasteiger partial charge is 0.338 e. The van der Waals surface area contributed by atoms with Crippen LogP contribution in [0.2, 0.25) is 0 Å². The minimum Gasteiger partial charge on any atom is -0.338 e. The van der Waals surface area contributed by atoms with E-state index in [-0.39, 0.29) is 5.41 Å². The lowest BCUT2D eigenvalue weighted by atomic mass is 9.77. The Hall–Kier alpha value is -2.14. The highest BCUT2D eigenvalue weighted by Crippen LogP contribution is 2.41. The zero-order valence-corrected chi connectivity index (χ0v) is 16.7. The molecule has 4 heterocycles. The van der Waals surface area contributed by atoms with Crippen molar-refractivity contribution in [2.45, 2.75) is 46.6 Å². The quantitative estimate of drug-likeness (QED) is 0.779. The number of hydrogen-bond donors (Lipinski definition) is 0. The van der Waals surface area contributed by atoms with Crippen LogP contribution in [0, 0.1) is 12.3 Å². The summed E-state index contributed by atoms with van der Waals surface area (Å²) in [6.45, 7) is 11.0. The summed E-state index contributed by atoms with van der Waals surface area (Å²) >= 11 is 0. The molecule has 0 radical (unpaired) electrons. The van der Waals surface area contributed by atoms with Gasteiger partial charge in [-0.2, -0.15) is 0 Å². The molecule has 5 heteroatoms. The van der Waals surface area contributed by atoms with Crippen molar-refractivity contribution in [1.29, 1.82) is 0 Å². The molecule has 144 valence electrons. The molecule has 2 aromatic rings. The predicted octanol–water partition coefficient (Wildman–Crippen LogP) is 3.42. The van der Waals surface area contributed by atoms with Gasteiger partial charge in [0, 0.05) is 38.4 Å². The van der Waals surface area contributed by atoms with Crippen LogP contribution in [-0.4, -0.2) is 51.3 Å². The highest BCUT2D eigenvalue weighted by molar-refractivity contribution is 5.79. The third kappa shape index (κ3) is 3.93. The number of allylic oxidation sites excluding steroid dienone is 1. The number of imidazole rings is 1. The van der Waals surface area contributed by atoms with Gasteiger partial charge in [-0.3, -0.25) is 9.69 Å². The third-order valence-corrected chi connectivity index (χ3v) is 6.09. The monoisotopic (exact) mass is 366 g/mol. The number of fused-ring (bicyclic) bond motifs is 1. The van der Waals surface area contributed by atoms with Gasteiger partial charge in [0.05, 0.1) is 5.69 Å². The first-order valence-electron chi connectivity index (χ1n) is 10.0. The Morgan fingerprint density at radius 2 is 2.07 bits per heavy atom. The lowest BCUT2D eigenvalue weighted by Gasteiger charge is -2.38. The number of hydrogen-bond acceptors (Lipinski definition) is 3. The van der Waals surface area contributed by atoms with E-state index < -0.39 is 0 Å². The molecule has 1 amide bonds. The molecule has 2 aliphatic heterocycles. The Bertz CT molecular complexity index is 870. The summed E-state index contributed by atoms with van der Waals surface area (Å²) in [5, 5.41) is 0. The maximum atomic E-state index is 12.4. The van der Waals surface area contributed by atoms with Crippen molar-refractivity contribution in [2.24, 2.45) is 5.41 Å². The van der Waals surface area contributed by atoms with E-state index in [2.05, 4.69) is 60.7 Å². The fourth-order valence-corrected chi connectivity index (χ4v) is 4.40. The second kappa shape index (κ2) is 7.12. The van der Waals surface area contributed by atoms with Crippen LogP contribution in [0.4, 0.5) is 0 Å². The van der Waals surface area contributed by atoms with Gasteiger partial charge < -0.3 is 9.30 Å². The Labute approximate surface area is 161 Å². The van der Waals surface area contributed by atoms with Gasteiger partial charge in [0.1, 0.15) is 5.65 Å². The van der Waals surface area contributed by atoms with Gasteiger partial charge in [-0.05, 0) is 69.8 Å². The standard InChI is InChI=1S/C22H30N4O/c1-17(2)4-8-26-16-22(13-21(26)27)6-10-24(11-7-22)14-19-15-25-9-5-18(3)12-20(25)23-19/h4-5,9,12,15H,6-8,10-11,13-14,16H2,1-3H3. The molecule has 0 aliphatic carbocycles. The fraction of sp³-hybridized carbons (Fsp3) is 0.545. The Morgan fingerprint density at radius 3 is 2.81 bits per heavy atom. The van der Waals surface area contributed by atoms with Crippen molar-refractivity contribution < 1.29 is 4.79 Å². The molecule has 2 aromatic heterocycles. The maximum absolute atomic E-state index is 12.4. The van der Waals surface area contributed by atoms with Crippen LogP contribution in [0.5, 0.6) is 0 Å². The molecule has 5 nitrogen and oxygen atoms in total. The molecule has 2 saturated heterocycles. The van der Waals surface area contributed by atoms with Crippen LogP contribution in [0.25, 0.3) is 5.65 Å². The average molecular weight is 367 g/mol. The van der Waals surface area contributed by atoms with Crippen molar-refractivity contribution in [2.75, 3.05) is 26.2 Å². The molecule has 4 rings (SSSR count). The lowest BCUT2D eigenvalue weighted by molar-refractivity contribution is -0.127. The molecule has 2 fully saturated rings. The summed E-state index contributed by atoms with van der Waals surface area (Å²) in [7, 11) is 0. The number of piperidine rings is 1. The lowest BCUT2D eigenvalue weighted by Crippen LogP contribution is -2.41. The SMILES string of the molecule is CC(C)=CCN1CC2(CCN(Cc3cn4ccc(C)cc4n3)CC2)CC1=O. The van der Waals surface area contributed by atoms with Gasteiger partial charge >= 0.3 is 0 Å². The summed E-state index contributed by atoms with van der Waals surface area (Å²) < 4.78 is 2.10. The molecule has 1 spiro atoms. The minimum atomic E-state index is 0.194. The molecule has 2 aliphatic rings. The number of carbonyl (C=O) groups excluding carboxylic acids is 1. The number of aromatic nitrogens is 2. The van der Waals surface area contributed by atoms with E-state index in [0.717, 1.165) is 63.3 Å². The van der Waals surface area contributed by atoms with Crippen LogP contribution in [0.15, 0.2) is 36.2 Å². The van der Waals surface area contributed by atoms with E-state index in [9.17, 15) is 4.79 Å². The zero-order chi connectivity index (χ0) is 19.0. The highest BCUT2D eigenvalue weighted by atomic mass is 16.2. The smallest absolute Gasteiger partial charge is 0.223 e. The number of likely N-dealkylation sites (tertiary alicyclic amines) is 2. The Morgan fingerprint density at radius 1 is 1.30 bits per heavy atom. The van der Waals surface area contributed by atoms with Crippen molar-refractivity contribution in [3.63, 3.8) is 0 Å². The number of nitrogens with zero attached hydrogens (tertiary/aromatic N) is 4. The van der Waals surface area contributed by atoms with Gasteiger partial charge in [-0.25, -0.2) is 4.98 Å². The molecule has 0 aromatic carbocycles. The average Bonchev–Trinajstić information content (AvgIpc) is 3.15. The van der Waals surface area contributed by atoms with E-state index in [0.29, 0.717) is 5.91 Å². The van der Waals surface area contributed by atoms with Gasteiger partial charge in [-0.15, -0.1) is 0 Å². The maximum Gasteiger partial charge on any atom is 0.223 e. The number of rotatable bonds is 4. The van der Waals surface area contributed by atoms with Crippen molar-refractivity contribution in [1.82, 2.24) is 19.2 Å². The summed E-state index contributed by atoms with van der Waals surface area (Å²) in [5.41, 5.74) is 4.86. The number of pyridine rings is 1.